The number of nitrogen functional groups attached to an aromatic ring is 1. The zero-order chi connectivity index (χ0) is 49.3. The maximum atomic E-state index is 12.8. The number of ether oxygens (including phenoxy) is 3. The Kier molecular flexibility index (Phi) is 31.1. The van der Waals surface area contributed by atoms with Gasteiger partial charge in [-0.25, -0.2) is 13.9 Å². The largest absolute Gasteiger partial charge is 0.481 e. The minimum Gasteiger partial charge on any atom is -0.462 e. The Morgan fingerprint density at radius 3 is 1.93 bits per heavy atom. The zero-order valence-corrected chi connectivity index (χ0v) is 41.1. The van der Waals surface area contributed by atoms with E-state index in [-0.39, 0.29) is 25.3 Å². The van der Waals surface area contributed by atoms with Crippen molar-refractivity contribution < 1.29 is 71.4 Å². The third-order valence-corrected chi connectivity index (χ3v) is 13.0. The van der Waals surface area contributed by atoms with E-state index >= 15 is 0 Å². The predicted octanol–water partition coefficient (Wildman–Crippen LogP) is 7.83. The number of unbranched alkanes of at least 4 members (excludes halogenated alkanes) is 11. The highest BCUT2D eigenvalue weighted by molar-refractivity contribution is 7.61. The number of esters is 2. The topological polar surface area (TPSA) is 286 Å². The molecule has 1 saturated heterocycles. The first-order valence-corrected chi connectivity index (χ1v) is 26.6. The number of rotatable bonds is 38. The third-order valence-electron chi connectivity index (χ3n) is 10.4. The van der Waals surface area contributed by atoms with Crippen LogP contribution in [0.1, 0.15) is 148 Å². The van der Waals surface area contributed by atoms with Gasteiger partial charge in [0, 0.05) is 25.6 Å². The summed E-state index contributed by atoms with van der Waals surface area (Å²) >= 11 is 0. The molecule has 0 aromatic carbocycles. The van der Waals surface area contributed by atoms with Gasteiger partial charge in [0.05, 0.1) is 13.2 Å². The molecule has 1 fully saturated rings. The van der Waals surface area contributed by atoms with E-state index in [1.165, 1.54) is 31.7 Å². The molecule has 1 aromatic rings. The van der Waals surface area contributed by atoms with Crippen LogP contribution >= 0.6 is 15.6 Å². The molecule has 0 bridgehead atoms. The van der Waals surface area contributed by atoms with Crippen LogP contribution in [0.5, 0.6) is 0 Å². The van der Waals surface area contributed by atoms with Gasteiger partial charge in [-0.3, -0.25) is 23.2 Å². The van der Waals surface area contributed by atoms with Crippen LogP contribution in [0.15, 0.2) is 65.7 Å². The SMILES string of the molecule is CC(C)CCCCCCCCCCC(=O)O[C@H](COC(=O)CCC/C=C\C/C=C\C/C=C\C/C=C\CCCCCO)COP(=O)(O)OP(=O)(O)OC[C@H]1O[C@@H](n2ccc(N)nc2=O)[C@H](O)[C@@H]1O. The monoisotopic (exact) mass is 989 g/mol. The number of carbonyl (C=O) groups excluding carboxylic acids is 2. The molecule has 21 heteroatoms. The van der Waals surface area contributed by atoms with Gasteiger partial charge in [-0.15, -0.1) is 0 Å². The van der Waals surface area contributed by atoms with Crippen molar-refractivity contribution in [1.82, 2.24) is 9.55 Å². The van der Waals surface area contributed by atoms with Gasteiger partial charge in [0.1, 0.15) is 30.7 Å². The average Bonchev–Trinajstić information content (AvgIpc) is 3.55. The van der Waals surface area contributed by atoms with E-state index < -0.39 is 83.7 Å². The van der Waals surface area contributed by atoms with Crippen LogP contribution in [0.2, 0.25) is 0 Å². The Balaban J connectivity index is 1.83. The molecule has 1 aliphatic rings. The van der Waals surface area contributed by atoms with Gasteiger partial charge in [-0.1, -0.05) is 120 Å². The number of aliphatic hydroxyl groups is 3. The summed E-state index contributed by atoms with van der Waals surface area (Å²) in [4.78, 5) is 61.7. The molecule has 382 valence electrons. The highest BCUT2D eigenvalue weighted by Gasteiger charge is 2.46. The van der Waals surface area contributed by atoms with Gasteiger partial charge in [0.2, 0.25) is 0 Å². The second kappa shape index (κ2) is 34.9. The van der Waals surface area contributed by atoms with Crippen LogP contribution in [0.3, 0.4) is 0 Å². The Bertz CT molecular complexity index is 1820. The van der Waals surface area contributed by atoms with Crippen LogP contribution in [0.4, 0.5) is 5.82 Å². The second-order valence-corrected chi connectivity index (χ2v) is 19.9. The van der Waals surface area contributed by atoms with E-state index in [0.29, 0.717) is 25.2 Å². The molecule has 0 spiro atoms. The summed E-state index contributed by atoms with van der Waals surface area (Å²) in [7, 11) is -10.9. The van der Waals surface area contributed by atoms with Crippen LogP contribution in [-0.2, 0) is 46.3 Å². The van der Waals surface area contributed by atoms with Gasteiger partial charge >= 0.3 is 33.3 Å². The quantitative estimate of drug-likeness (QED) is 0.0159. The number of aliphatic hydroxyl groups excluding tert-OH is 3. The lowest BCUT2D eigenvalue weighted by Crippen LogP contribution is -2.36. The highest BCUT2D eigenvalue weighted by atomic mass is 31.3. The Morgan fingerprint density at radius 1 is 0.761 bits per heavy atom. The van der Waals surface area contributed by atoms with Gasteiger partial charge < -0.3 is 45.1 Å². The smallest absolute Gasteiger partial charge is 0.462 e. The Morgan fingerprint density at radius 2 is 1.31 bits per heavy atom. The fourth-order valence-electron chi connectivity index (χ4n) is 6.70. The molecule has 67 heavy (non-hydrogen) atoms. The normalized spacial score (nSPS) is 20.1. The number of nitrogens with zero attached hydrogens (tertiary/aromatic N) is 2. The molecule has 1 aromatic heterocycles. The number of nitrogens with two attached hydrogens (primary N) is 1. The second-order valence-electron chi connectivity index (χ2n) is 16.8. The molecule has 2 heterocycles. The van der Waals surface area contributed by atoms with Crippen molar-refractivity contribution in [3.8, 4) is 0 Å². The molecule has 2 rings (SSSR count). The summed E-state index contributed by atoms with van der Waals surface area (Å²) in [5.41, 5.74) is 4.57. The molecule has 2 unspecified atom stereocenters. The number of hydrogen-bond donors (Lipinski definition) is 6. The Hall–Kier alpha value is -3.32. The number of phosphoric acid groups is 2. The van der Waals surface area contributed by atoms with Gasteiger partial charge in [0.25, 0.3) is 0 Å². The van der Waals surface area contributed by atoms with Gasteiger partial charge in [0.15, 0.2) is 12.3 Å². The average molecular weight is 990 g/mol. The maximum absolute atomic E-state index is 12.8. The third kappa shape index (κ3) is 28.7. The number of aromatic nitrogens is 2. The molecular formula is C46H77N3O16P2. The predicted molar refractivity (Wildman–Crippen MR) is 253 cm³/mol. The van der Waals surface area contributed by atoms with Crippen LogP contribution in [0, 0.1) is 5.92 Å². The van der Waals surface area contributed by atoms with E-state index in [4.69, 9.17) is 34.1 Å². The summed E-state index contributed by atoms with van der Waals surface area (Å²) in [5, 5.41) is 29.7. The summed E-state index contributed by atoms with van der Waals surface area (Å²) in [6, 6.07) is 1.24. The number of hydrogen-bond acceptors (Lipinski definition) is 16. The number of phosphoric ester groups is 2. The van der Waals surface area contributed by atoms with Crippen molar-refractivity contribution in [2.75, 3.05) is 32.2 Å². The van der Waals surface area contributed by atoms with Crippen LogP contribution in [0.25, 0.3) is 0 Å². The first-order chi connectivity index (χ1) is 32.0. The molecule has 7 atom stereocenters. The van der Waals surface area contributed by atoms with E-state index in [1.54, 1.807) is 0 Å². The lowest BCUT2D eigenvalue weighted by Gasteiger charge is -2.21. The molecule has 0 aliphatic carbocycles. The van der Waals surface area contributed by atoms with Crippen molar-refractivity contribution >= 4 is 33.4 Å². The highest BCUT2D eigenvalue weighted by Crippen LogP contribution is 2.60. The number of allylic oxidation sites excluding steroid dienone is 8. The maximum Gasteiger partial charge on any atom is 0.481 e. The zero-order valence-electron chi connectivity index (χ0n) is 39.3. The van der Waals surface area contributed by atoms with Crippen molar-refractivity contribution in [2.24, 2.45) is 5.92 Å². The van der Waals surface area contributed by atoms with Crippen molar-refractivity contribution in [3.05, 3.63) is 71.4 Å². The summed E-state index contributed by atoms with van der Waals surface area (Å²) in [6.45, 7) is 2.32. The molecule has 1 aliphatic heterocycles. The van der Waals surface area contributed by atoms with E-state index in [9.17, 15) is 43.5 Å². The summed E-state index contributed by atoms with van der Waals surface area (Å²) in [5.74, 6) is -0.682. The van der Waals surface area contributed by atoms with Crippen molar-refractivity contribution in [2.45, 2.75) is 173 Å². The van der Waals surface area contributed by atoms with E-state index in [1.807, 2.05) is 12.2 Å². The van der Waals surface area contributed by atoms with E-state index in [0.717, 1.165) is 81.4 Å². The fraction of sp³-hybridized carbons (Fsp3) is 0.696. The lowest BCUT2D eigenvalue weighted by molar-refractivity contribution is -0.161. The minimum absolute atomic E-state index is 0.0313. The summed E-state index contributed by atoms with van der Waals surface area (Å²) in [6.07, 6.45) is 26.8. The number of carbonyl (C=O) groups is 2. The fourth-order valence-corrected chi connectivity index (χ4v) is 8.81. The molecule has 7 N–H and O–H groups in total. The van der Waals surface area contributed by atoms with Crippen molar-refractivity contribution in [1.29, 1.82) is 0 Å². The molecule has 0 radical (unpaired) electrons. The van der Waals surface area contributed by atoms with Crippen LogP contribution < -0.4 is 11.4 Å². The molecule has 0 amide bonds. The first-order valence-electron chi connectivity index (χ1n) is 23.6. The Labute approximate surface area is 395 Å². The minimum atomic E-state index is -5.43. The lowest BCUT2D eigenvalue weighted by atomic mass is 10.0. The van der Waals surface area contributed by atoms with Gasteiger partial charge in [-0.2, -0.15) is 9.29 Å². The van der Waals surface area contributed by atoms with Crippen molar-refractivity contribution in [3.63, 3.8) is 0 Å². The van der Waals surface area contributed by atoms with Gasteiger partial charge in [-0.05, 0) is 69.8 Å². The molecule has 0 saturated carbocycles. The first kappa shape index (κ1) is 59.8. The van der Waals surface area contributed by atoms with Crippen LogP contribution in [-0.4, -0.2) is 97.4 Å². The number of anilines is 1. The molecular weight excluding hydrogens is 912 g/mol. The summed E-state index contributed by atoms with van der Waals surface area (Å²) < 4.78 is 56.5. The molecule has 19 nitrogen and oxygen atoms in total. The van der Waals surface area contributed by atoms with E-state index in [2.05, 4.69) is 59.6 Å². The standard InChI is InChI=1S/C46H77N3O16P2/c1-37(2)28-24-20-16-13-14-18-22-26-30-42(52)63-38(34-60-41(51)29-25-21-17-12-10-8-6-4-3-5-7-9-11-15-19-23-27-33-50)35-61-66(56,57)65-67(58,59)62-36-39-43(53)44(54)45(64-39)49-32-31-40(47)48-46(49)55/h3,5-6,8-9,11-12,17,31-32,37-39,43-45,50,53-54H,4,7,10,13-16,18-30,33-36H2,1-2H3,(H,56,57)(H,58,59)(H2,47,48,55)/b5-3-,8-6-,11-9-,17-12-/t38-,39-,43-,44-,45-/m1/s1.